The smallest absolute Gasteiger partial charge is 0.188 e. The number of aliphatic hydroxyl groups is 1. The van der Waals surface area contributed by atoms with E-state index in [2.05, 4.69) is 0 Å². The lowest BCUT2D eigenvalue weighted by atomic mass is 10.1. The molecule has 0 fully saturated rings. The molecule has 0 bridgehead atoms. The minimum absolute atomic E-state index is 0.0216. The summed E-state index contributed by atoms with van der Waals surface area (Å²) in [5, 5.41) is 11.0. The summed E-state index contributed by atoms with van der Waals surface area (Å²) in [6.45, 7) is 0. The fourth-order valence-electron chi connectivity index (χ4n) is 2.40. The van der Waals surface area contributed by atoms with Crippen LogP contribution in [0.1, 0.15) is 16.5 Å². The SMILES string of the molecule is COc1ccc2c(=O)cc(CC(O)c3ccccc3)sc2c1. The number of aliphatic hydroxyl groups excluding tert-OH is 1. The molecule has 3 aromatic rings. The van der Waals surface area contributed by atoms with Crippen molar-refractivity contribution in [3.8, 4) is 5.75 Å². The molecular weight excluding hydrogens is 296 g/mol. The number of ether oxygens (including phenoxy) is 1. The Morgan fingerprint density at radius 1 is 1.14 bits per heavy atom. The third-order valence-electron chi connectivity index (χ3n) is 3.57. The van der Waals surface area contributed by atoms with Gasteiger partial charge >= 0.3 is 0 Å². The summed E-state index contributed by atoms with van der Waals surface area (Å²) in [6, 6.07) is 16.5. The second-order valence-corrected chi connectivity index (χ2v) is 6.24. The van der Waals surface area contributed by atoms with Crippen LogP contribution in [0.4, 0.5) is 0 Å². The predicted molar refractivity (Wildman–Crippen MR) is 89.8 cm³/mol. The first kappa shape index (κ1) is 14.8. The Hall–Kier alpha value is -2.17. The standard InChI is InChI=1S/C18H16O3S/c1-21-13-7-8-15-17(20)11-14(22-18(15)9-13)10-16(19)12-5-3-2-4-6-12/h2-9,11,16,19H,10H2,1H3. The van der Waals surface area contributed by atoms with Crippen LogP contribution in [0, 0.1) is 0 Å². The van der Waals surface area contributed by atoms with Crippen molar-refractivity contribution >= 4 is 21.4 Å². The van der Waals surface area contributed by atoms with E-state index >= 15 is 0 Å². The van der Waals surface area contributed by atoms with E-state index in [1.165, 1.54) is 11.3 Å². The van der Waals surface area contributed by atoms with Gasteiger partial charge in [-0.05, 0) is 29.8 Å². The van der Waals surface area contributed by atoms with Crippen molar-refractivity contribution in [2.75, 3.05) is 7.11 Å². The van der Waals surface area contributed by atoms with Crippen molar-refractivity contribution < 1.29 is 9.84 Å². The first-order chi connectivity index (χ1) is 10.7. The second kappa shape index (κ2) is 6.30. The zero-order valence-corrected chi connectivity index (χ0v) is 13.0. The Balaban J connectivity index is 1.95. The van der Waals surface area contributed by atoms with Crippen molar-refractivity contribution in [3.63, 3.8) is 0 Å². The Kier molecular flexibility index (Phi) is 4.22. The van der Waals surface area contributed by atoms with E-state index in [1.54, 1.807) is 25.3 Å². The van der Waals surface area contributed by atoms with Gasteiger partial charge in [0, 0.05) is 21.4 Å². The highest BCUT2D eigenvalue weighted by Crippen LogP contribution is 2.27. The van der Waals surface area contributed by atoms with Gasteiger partial charge in [0.15, 0.2) is 5.43 Å². The van der Waals surface area contributed by atoms with Gasteiger partial charge in [0.05, 0.1) is 13.2 Å². The summed E-state index contributed by atoms with van der Waals surface area (Å²) in [7, 11) is 1.60. The normalized spacial score (nSPS) is 12.3. The molecule has 1 heterocycles. The van der Waals surface area contributed by atoms with Crippen LogP contribution in [0.15, 0.2) is 59.4 Å². The molecule has 0 aliphatic carbocycles. The van der Waals surface area contributed by atoms with Crippen LogP contribution in [-0.2, 0) is 6.42 Å². The topological polar surface area (TPSA) is 46.5 Å². The number of benzene rings is 2. The van der Waals surface area contributed by atoms with Gasteiger partial charge in [-0.15, -0.1) is 11.3 Å². The van der Waals surface area contributed by atoms with E-state index in [9.17, 15) is 9.90 Å². The molecule has 4 heteroatoms. The summed E-state index contributed by atoms with van der Waals surface area (Å²) >= 11 is 1.51. The van der Waals surface area contributed by atoms with Crippen LogP contribution < -0.4 is 10.2 Å². The van der Waals surface area contributed by atoms with Crippen molar-refractivity contribution in [1.29, 1.82) is 0 Å². The summed E-state index contributed by atoms with van der Waals surface area (Å²) in [4.78, 5) is 13.1. The maximum atomic E-state index is 12.2. The number of rotatable bonds is 4. The minimum Gasteiger partial charge on any atom is -0.497 e. The van der Waals surface area contributed by atoms with Crippen LogP contribution >= 0.6 is 11.3 Å². The average molecular weight is 312 g/mol. The third-order valence-corrected chi connectivity index (χ3v) is 4.67. The first-order valence-electron chi connectivity index (χ1n) is 7.01. The zero-order chi connectivity index (χ0) is 15.5. The van der Waals surface area contributed by atoms with Gasteiger partial charge in [-0.25, -0.2) is 0 Å². The molecule has 1 unspecified atom stereocenters. The van der Waals surface area contributed by atoms with E-state index in [4.69, 9.17) is 4.74 Å². The quantitative estimate of drug-likeness (QED) is 0.801. The molecule has 22 heavy (non-hydrogen) atoms. The molecule has 0 radical (unpaired) electrons. The number of hydrogen-bond donors (Lipinski definition) is 1. The molecule has 1 N–H and O–H groups in total. The van der Waals surface area contributed by atoms with Crippen LogP contribution in [0.25, 0.3) is 10.1 Å². The van der Waals surface area contributed by atoms with Crippen molar-refractivity contribution in [3.05, 3.63) is 75.3 Å². The number of fused-ring (bicyclic) bond motifs is 1. The largest absolute Gasteiger partial charge is 0.497 e. The van der Waals surface area contributed by atoms with Crippen molar-refractivity contribution in [1.82, 2.24) is 0 Å². The van der Waals surface area contributed by atoms with Crippen molar-refractivity contribution in [2.24, 2.45) is 0 Å². The summed E-state index contributed by atoms with van der Waals surface area (Å²) in [5.41, 5.74) is 0.833. The third kappa shape index (κ3) is 3.03. The van der Waals surface area contributed by atoms with E-state index in [0.717, 1.165) is 20.9 Å². The highest BCUT2D eigenvalue weighted by molar-refractivity contribution is 7.18. The molecule has 0 aliphatic heterocycles. The van der Waals surface area contributed by atoms with Gasteiger partial charge in [-0.2, -0.15) is 0 Å². The highest BCUT2D eigenvalue weighted by Gasteiger charge is 2.11. The van der Waals surface area contributed by atoms with Gasteiger partial charge in [-0.3, -0.25) is 4.79 Å². The van der Waals surface area contributed by atoms with Gasteiger partial charge in [0.25, 0.3) is 0 Å². The molecule has 112 valence electrons. The number of hydrogen-bond acceptors (Lipinski definition) is 4. The summed E-state index contributed by atoms with van der Waals surface area (Å²) in [6.07, 6.45) is -0.184. The summed E-state index contributed by atoms with van der Waals surface area (Å²) in [5.74, 6) is 0.726. The molecule has 1 aromatic heterocycles. The van der Waals surface area contributed by atoms with E-state index < -0.39 is 6.10 Å². The lowest BCUT2D eigenvalue weighted by molar-refractivity contribution is 0.179. The molecule has 0 saturated heterocycles. The fraction of sp³-hybridized carbons (Fsp3) is 0.167. The Bertz CT molecular complexity index is 840. The van der Waals surface area contributed by atoms with Crippen LogP contribution in [-0.4, -0.2) is 12.2 Å². The molecule has 0 aliphatic rings. The minimum atomic E-state index is -0.611. The molecule has 3 rings (SSSR count). The Morgan fingerprint density at radius 3 is 2.64 bits per heavy atom. The zero-order valence-electron chi connectivity index (χ0n) is 12.2. The van der Waals surface area contributed by atoms with E-state index in [-0.39, 0.29) is 5.43 Å². The predicted octanol–water partition coefficient (Wildman–Crippen LogP) is 3.55. The van der Waals surface area contributed by atoms with Crippen LogP contribution in [0.2, 0.25) is 0 Å². The lowest BCUT2D eigenvalue weighted by Crippen LogP contribution is -2.05. The fourth-order valence-corrected chi connectivity index (χ4v) is 3.54. The second-order valence-electron chi connectivity index (χ2n) is 5.07. The Labute approximate surface area is 132 Å². The van der Waals surface area contributed by atoms with Crippen LogP contribution in [0.5, 0.6) is 5.75 Å². The summed E-state index contributed by atoms with van der Waals surface area (Å²) < 4.78 is 6.08. The van der Waals surface area contributed by atoms with Crippen LogP contribution in [0.3, 0.4) is 0 Å². The first-order valence-corrected chi connectivity index (χ1v) is 7.83. The lowest BCUT2D eigenvalue weighted by Gasteiger charge is -2.11. The molecule has 0 saturated carbocycles. The molecule has 0 spiro atoms. The Morgan fingerprint density at radius 2 is 1.91 bits per heavy atom. The molecule has 1 atom stereocenters. The maximum absolute atomic E-state index is 12.2. The van der Waals surface area contributed by atoms with Gasteiger partial charge in [-0.1, -0.05) is 30.3 Å². The molecular formula is C18H16O3S. The number of methoxy groups -OCH3 is 1. The molecule has 2 aromatic carbocycles. The monoisotopic (exact) mass is 312 g/mol. The van der Waals surface area contributed by atoms with E-state index in [1.807, 2.05) is 36.4 Å². The van der Waals surface area contributed by atoms with Gasteiger partial charge < -0.3 is 9.84 Å². The van der Waals surface area contributed by atoms with E-state index in [0.29, 0.717) is 11.8 Å². The average Bonchev–Trinajstić information content (AvgIpc) is 2.55. The van der Waals surface area contributed by atoms with Gasteiger partial charge in [0.2, 0.25) is 0 Å². The molecule has 3 nitrogen and oxygen atoms in total. The maximum Gasteiger partial charge on any atom is 0.188 e. The van der Waals surface area contributed by atoms with Gasteiger partial charge in [0.1, 0.15) is 5.75 Å². The highest BCUT2D eigenvalue weighted by atomic mass is 32.1. The van der Waals surface area contributed by atoms with Crippen molar-refractivity contribution in [2.45, 2.75) is 12.5 Å². The molecule has 0 amide bonds.